The molecule has 0 aliphatic rings. The molecule has 0 saturated heterocycles. The fourth-order valence-electron chi connectivity index (χ4n) is 2.29. The van der Waals surface area contributed by atoms with Crippen molar-refractivity contribution in [2.45, 2.75) is 6.54 Å². The van der Waals surface area contributed by atoms with Gasteiger partial charge in [0, 0.05) is 35.4 Å². The Labute approximate surface area is 166 Å². The third-order valence-corrected chi connectivity index (χ3v) is 3.97. The molecular formula is C15H16Cl2FN5O3S. The second kappa shape index (κ2) is 9.11. The van der Waals surface area contributed by atoms with Crippen molar-refractivity contribution < 1.29 is 12.8 Å². The Hall–Kier alpha value is -2.24. The van der Waals surface area contributed by atoms with E-state index >= 15 is 0 Å². The van der Waals surface area contributed by atoms with Crippen molar-refractivity contribution >= 4 is 57.4 Å². The summed E-state index contributed by atoms with van der Waals surface area (Å²) in [6.07, 6.45) is 1.52. The van der Waals surface area contributed by atoms with Gasteiger partial charge in [0.2, 0.25) is 5.56 Å². The van der Waals surface area contributed by atoms with Crippen LogP contribution in [-0.2, 0) is 16.8 Å². The fourth-order valence-corrected chi connectivity index (χ4v) is 2.65. The van der Waals surface area contributed by atoms with Gasteiger partial charge in [-0.15, -0.1) is 24.8 Å². The number of hydrogen-bond donors (Lipinski definition) is 4. The number of fused-ring (bicyclic) bond motifs is 1. The molecule has 5 N–H and O–H groups in total. The van der Waals surface area contributed by atoms with Gasteiger partial charge in [-0.1, -0.05) is 0 Å². The SMILES string of the molecule is Cl.Cl.NS(=O)(=O)NCc1cc(Nc2ccnc3[nH]c(=O)ccc23)ccc1F. The van der Waals surface area contributed by atoms with Gasteiger partial charge in [0.05, 0.1) is 5.69 Å². The molecule has 0 radical (unpaired) electrons. The first-order chi connectivity index (χ1) is 11.8. The highest BCUT2D eigenvalue weighted by Gasteiger charge is 2.09. The lowest BCUT2D eigenvalue weighted by atomic mass is 10.1. The summed E-state index contributed by atoms with van der Waals surface area (Å²) in [5.74, 6) is -0.564. The average Bonchev–Trinajstić information content (AvgIpc) is 2.54. The summed E-state index contributed by atoms with van der Waals surface area (Å²) >= 11 is 0. The number of aromatic amines is 1. The number of nitrogens with one attached hydrogen (secondary N) is 3. The quantitative estimate of drug-likeness (QED) is 0.486. The van der Waals surface area contributed by atoms with Crippen molar-refractivity contribution in [2.24, 2.45) is 5.14 Å². The Kier molecular flexibility index (Phi) is 7.69. The van der Waals surface area contributed by atoms with Crippen LogP contribution < -0.4 is 20.7 Å². The molecule has 146 valence electrons. The number of aromatic nitrogens is 2. The predicted octanol–water partition coefficient (Wildman–Crippen LogP) is 1.94. The number of rotatable bonds is 5. The highest BCUT2D eigenvalue weighted by atomic mass is 35.5. The zero-order valence-corrected chi connectivity index (χ0v) is 16.1. The third-order valence-electron chi connectivity index (χ3n) is 3.42. The molecule has 0 aliphatic heterocycles. The van der Waals surface area contributed by atoms with E-state index in [-0.39, 0.29) is 42.5 Å². The number of anilines is 2. The lowest BCUT2D eigenvalue weighted by Gasteiger charge is -2.11. The summed E-state index contributed by atoms with van der Waals surface area (Å²) in [6, 6.07) is 8.89. The smallest absolute Gasteiger partial charge is 0.274 e. The van der Waals surface area contributed by atoms with Gasteiger partial charge < -0.3 is 10.3 Å². The number of halogens is 3. The maximum atomic E-state index is 13.8. The Morgan fingerprint density at radius 2 is 1.89 bits per heavy atom. The van der Waals surface area contributed by atoms with Crippen LogP contribution >= 0.6 is 24.8 Å². The van der Waals surface area contributed by atoms with Crippen LogP contribution in [0.25, 0.3) is 11.0 Å². The molecule has 0 spiro atoms. The first-order valence-corrected chi connectivity index (χ1v) is 8.67. The van der Waals surface area contributed by atoms with E-state index < -0.39 is 16.0 Å². The summed E-state index contributed by atoms with van der Waals surface area (Å²) in [5, 5.41) is 8.63. The molecule has 12 heteroatoms. The van der Waals surface area contributed by atoms with E-state index in [4.69, 9.17) is 5.14 Å². The molecule has 0 unspecified atom stereocenters. The lowest BCUT2D eigenvalue weighted by Crippen LogP contribution is -2.30. The second-order valence-corrected chi connectivity index (χ2v) is 6.62. The topological polar surface area (TPSA) is 130 Å². The molecular weight excluding hydrogens is 420 g/mol. The highest BCUT2D eigenvalue weighted by molar-refractivity contribution is 7.87. The molecule has 3 aromatic rings. The first kappa shape index (κ1) is 22.8. The van der Waals surface area contributed by atoms with E-state index in [9.17, 15) is 17.6 Å². The van der Waals surface area contributed by atoms with Crippen molar-refractivity contribution in [1.82, 2.24) is 14.7 Å². The molecule has 0 atom stereocenters. The second-order valence-electron chi connectivity index (χ2n) is 5.24. The van der Waals surface area contributed by atoms with E-state index in [1.807, 2.05) is 4.72 Å². The molecule has 0 saturated carbocycles. The van der Waals surface area contributed by atoms with Crippen LogP contribution in [0, 0.1) is 5.82 Å². The van der Waals surface area contributed by atoms with E-state index in [0.717, 1.165) is 0 Å². The summed E-state index contributed by atoms with van der Waals surface area (Å²) < 4.78 is 37.8. The summed E-state index contributed by atoms with van der Waals surface area (Å²) in [7, 11) is -3.92. The van der Waals surface area contributed by atoms with Crippen molar-refractivity contribution in [3.05, 3.63) is 64.3 Å². The van der Waals surface area contributed by atoms with Gasteiger partial charge in [-0.3, -0.25) is 4.79 Å². The van der Waals surface area contributed by atoms with Crippen molar-refractivity contribution in [2.75, 3.05) is 5.32 Å². The van der Waals surface area contributed by atoms with Crippen LogP contribution in [-0.4, -0.2) is 18.4 Å². The minimum absolute atomic E-state index is 0. The summed E-state index contributed by atoms with van der Waals surface area (Å²) in [6.45, 7) is -0.273. The number of nitrogens with zero attached hydrogens (tertiary/aromatic N) is 1. The molecule has 0 aliphatic carbocycles. The average molecular weight is 436 g/mol. The van der Waals surface area contributed by atoms with Crippen LogP contribution in [0.3, 0.4) is 0 Å². The lowest BCUT2D eigenvalue weighted by molar-refractivity contribution is 0.576. The standard InChI is InChI=1S/C15H14FN5O3S.2ClH/c16-12-3-1-10(7-9(12)8-19-25(17,23)24)20-13-5-6-18-15-11(13)2-4-14(22)21-15;;/h1-7,19H,8H2,(H2,17,23,24)(H2,18,20,21,22);2*1H. The monoisotopic (exact) mass is 435 g/mol. The van der Waals surface area contributed by atoms with Crippen LogP contribution in [0.2, 0.25) is 0 Å². The Balaban J connectivity index is 0.00000182. The molecule has 0 bridgehead atoms. The Morgan fingerprint density at radius 1 is 1.15 bits per heavy atom. The highest BCUT2D eigenvalue weighted by Crippen LogP contribution is 2.24. The molecule has 8 nitrogen and oxygen atoms in total. The van der Waals surface area contributed by atoms with E-state index in [1.165, 1.54) is 30.5 Å². The zero-order chi connectivity index (χ0) is 18.0. The number of nitrogens with two attached hydrogens (primary N) is 1. The van der Waals surface area contributed by atoms with Crippen LogP contribution in [0.5, 0.6) is 0 Å². The van der Waals surface area contributed by atoms with E-state index in [2.05, 4.69) is 15.3 Å². The van der Waals surface area contributed by atoms with Crippen molar-refractivity contribution in [1.29, 1.82) is 0 Å². The van der Waals surface area contributed by atoms with E-state index in [1.54, 1.807) is 12.1 Å². The predicted molar refractivity (Wildman–Crippen MR) is 106 cm³/mol. The number of hydrogen-bond acceptors (Lipinski definition) is 5. The Bertz CT molecular complexity index is 1110. The zero-order valence-electron chi connectivity index (χ0n) is 13.6. The van der Waals surface area contributed by atoms with Crippen LogP contribution in [0.1, 0.15) is 5.56 Å². The largest absolute Gasteiger partial charge is 0.355 e. The van der Waals surface area contributed by atoms with Gasteiger partial charge in [0.1, 0.15) is 11.5 Å². The molecule has 1 aromatic carbocycles. The fraction of sp³-hybridized carbons (Fsp3) is 0.0667. The molecule has 2 aromatic heterocycles. The van der Waals surface area contributed by atoms with Gasteiger partial charge in [-0.25, -0.2) is 14.5 Å². The number of H-pyrrole nitrogens is 1. The third kappa shape index (κ3) is 5.88. The normalized spacial score (nSPS) is 10.7. The van der Waals surface area contributed by atoms with Gasteiger partial charge in [-0.2, -0.15) is 13.1 Å². The van der Waals surface area contributed by atoms with Gasteiger partial charge in [0.25, 0.3) is 10.2 Å². The van der Waals surface area contributed by atoms with Crippen molar-refractivity contribution in [3.63, 3.8) is 0 Å². The first-order valence-electron chi connectivity index (χ1n) is 7.13. The minimum atomic E-state index is -3.92. The molecule has 3 rings (SSSR count). The summed E-state index contributed by atoms with van der Waals surface area (Å²) in [4.78, 5) is 18.1. The number of pyridine rings is 2. The van der Waals surface area contributed by atoms with Crippen molar-refractivity contribution in [3.8, 4) is 0 Å². The maximum Gasteiger partial charge on any atom is 0.274 e. The van der Waals surface area contributed by atoms with E-state index in [0.29, 0.717) is 22.4 Å². The van der Waals surface area contributed by atoms with Gasteiger partial charge in [0.15, 0.2) is 0 Å². The number of benzene rings is 1. The summed E-state index contributed by atoms with van der Waals surface area (Å²) in [5.41, 5.74) is 1.46. The Morgan fingerprint density at radius 3 is 2.59 bits per heavy atom. The molecule has 0 amide bonds. The minimum Gasteiger partial charge on any atom is -0.355 e. The molecule has 27 heavy (non-hydrogen) atoms. The van der Waals surface area contributed by atoms with Crippen LogP contribution in [0.15, 0.2) is 47.4 Å². The molecule has 0 fully saturated rings. The van der Waals surface area contributed by atoms with Crippen LogP contribution in [0.4, 0.5) is 15.8 Å². The van der Waals surface area contributed by atoms with Gasteiger partial charge >= 0.3 is 0 Å². The maximum absolute atomic E-state index is 13.8. The molecule has 2 heterocycles. The van der Waals surface area contributed by atoms with Gasteiger partial charge in [-0.05, 0) is 30.3 Å².